The van der Waals surface area contributed by atoms with Crippen LogP contribution in [-0.4, -0.2) is 17.0 Å². The van der Waals surface area contributed by atoms with Gasteiger partial charge >= 0.3 is 0 Å². The van der Waals surface area contributed by atoms with Gasteiger partial charge in [-0.1, -0.05) is 41.9 Å². The average molecular weight is 291 g/mol. The van der Waals surface area contributed by atoms with E-state index < -0.39 is 12.2 Å². The third-order valence-electron chi connectivity index (χ3n) is 2.91. The lowest BCUT2D eigenvalue weighted by atomic mass is 10.0. The normalized spacial score (nSPS) is 13.6. The van der Waals surface area contributed by atoms with E-state index in [0.717, 1.165) is 0 Å². The van der Waals surface area contributed by atoms with Gasteiger partial charge in [0.15, 0.2) is 11.9 Å². The van der Waals surface area contributed by atoms with Crippen molar-refractivity contribution in [3.8, 4) is 5.75 Å². The van der Waals surface area contributed by atoms with Crippen molar-refractivity contribution in [2.24, 2.45) is 0 Å². The fourth-order valence-corrected chi connectivity index (χ4v) is 1.98. The first-order chi connectivity index (χ1) is 9.58. The van der Waals surface area contributed by atoms with Gasteiger partial charge in [0.2, 0.25) is 0 Å². The lowest BCUT2D eigenvalue weighted by Crippen LogP contribution is -2.32. The molecule has 0 saturated carbocycles. The van der Waals surface area contributed by atoms with Gasteiger partial charge in [0.05, 0.1) is 0 Å². The van der Waals surface area contributed by atoms with E-state index in [4.69, 9.17) is 16.3 Å². The molecule has 0 saturated heterocycles. The summed E-state index contributed by atoms with van der Waals surface area (Å²) in [7, 11) is 0. The van der Waals surface area contributed by atoms with Crippen LogP contribution in [0.2, 0.25) is 5.02 Å². The highest BCUT2D eigenvalue weighted by molar-refractivity contribution is 6.30. The first-order valence-electron chi connectivity index (χ1n) is 6.23. The van der Waals surface area contributed by atoms with Crippen molar-refractivity contribution in [2.45, 2.75) is 19.1 Å². The van der Waals surface area contributed by atoms with E-state index in [9.17, 15) is 9.90 Å². The van der Waals surface area contributed by atoms with Gasteiger partial charge in [0.25, 0.3) is 0 Å². The molecular formula is C16H15ClO3. The summed E-state index contributed by atoms with van der Waals surface area (Å²) in [4.78, 5) is 11.7. The molecule has 2 aromatic rings. The van der Waals surface area contributed by atoms with Crippen LogP contribution in [0.3, 0.4) is 0 Å². The Morgan fingerprint density at radius 1 is 1.10 bits per heavy atom. The molecule has 0 amide bonds. The molecule has 0 aliphatic heterocycles. The maximum Gasteiger partial charge on any atom is 0.186 e. The van der Waals surface area contributed by atoms with Crippen LogP contribution in [0.4, 0.5) is 0 Å². The molecular weight excluding hydrogens is 276 g/mol. The Morgan fingerprint density at radius 2 is 1.70 bits per heavy atom. The van der Waals surface area contributed by atoms with Crippen LogP contribution in [-0.2, 0) is 4.79 Å². The Bertz CT molecular complexity index is 566. The fraction of sp³-hybridized carbons (Fsp3) is 0.188. The summed E-state index contributed by atoms with van der Waals surface area (Å²) >= 11 is 5.81. The van der Waals surface area contributed by atoms with Crippen molar-refractivity contribution in [3.63, 3.8) is 0 Å². The number of Topliss-reactive ketones (excluding diaryl/α,β-unsaturated/α-hetero) is 1. The summed E-state index contributed by atoms with van der Waals surface area (Å²) in [5.41, 5.74) is 0.588. The van der Waals surface area contributed by atoms with Crippen molar-refractivity contribution < 1.29 is 14.6 Å². The zero-order valence-corrected chi connectivity index (χ0v) is 11.7. The van der Waals surface area contributed by atoms with Crippen LogP contribution < -0.4 is 4.74 Å². The summed E-state index contributed by atoms with van der Waals surface area (Å²) in [6.45, 7) is 1.40. The standard InChI is InChI=1S/C16H15ClO3/c1-11(18)16(20-14-5-3-2-4-6-14)15(19)12-7-9-13(17)10-8-12/h2-10,15-16,19H,1H3/t15-,16?/m0/s1. The third kappa shape index (κ3) is 3.59. The van der Waals surface area contributed by atoms with Gasteiger partial charge < -0.3 is 9.84 Å². The van der Waals surface area contributed by atoms with Crippen LogP contribution in [0.25, 0.3) is 0 Å². The monoisotopic (exact) mass is 290 g/mol. The highest BCUT2D eigenvalue weighted by Crippen LogP contribution is 2.24. The number of para-hydroxylation sites is 1. The Kier molecular flexibility index (Phi) is 4.77. The molecule has 0 aliphatic carbocycles. The van der Waals surface area contributed by atoms with E-state index in [1.165, 1.54) is 6.92 Å². The molecule has 2 aromatic carbocycles. The maximum absolute atomic E-state index is 11.7. The van der Waals surface area contributed by atoms with Crippen molar-refractivity contribution >= 4 is 17.4 Å². The molecule has 0 aliphatic rings. The van der Waals surface area contributed by atoms with Crippen LogP contribution in [0.5, 0.6) is 5.75 Å². The van der Waals surface area contributed by atoms with Gasteiger partial charge in [0.1, 0.15) is 11.9 Å². The minimum absolute atomic E-state index is 0.240. The number of rotatable bonds is 5. The first-order valence-corrected chi connectivity index (χ1v) is 6.61. The SMILES string of the molecule is CC(=O)C(Oc1ccccc1)[C@@H](O)c1ccc(Cl)cc1. The Balaban J connectivity index is 2.20. The van der Waals surface area contributed by atoms with Gasteiger partial charge in [0, 0.05) is 5.02 Å². The number of ketones is 1. The summed E-state index contributed by atoms with van der Waals surface area (Å²) in [5.74, 6) is 0.303. The van der Waals surface area contributed by atoms with Gasteiger partial charge in [-0.3, -0.25) is 4.79 Å². The molecule has 0 radical (unpaired) electrons. The quantitative estimate of drug-likeness (QED) is 0.918. The average Bonchev–Trinajstić information content (AvgIpc) is 2.45. The van der Waals surface area contributed by atoms with Crippen LogP contribution in [0.15, 0.2) is 54.6 Å². The van der Waals surface area contributed by atoms with E-state index in [0.29, 0.717) is 16.3 Å². The minimum Gasteiger partial charge on any atom is -0.480 e. The fourth-order valence-electron chi connectivity index (χ4n) is 1.85. The van der Waals surface area contributed by atoms with Crippen LogP contribution in [0.1, 0.15) is 18.6 Å². The first kappa shape index (κ1) is 14.6. The second kappa shape index (κ2) is 6.55. The van der Waals surface area contributed by atoms with E-state index in [-0.39, 0.29) is 5.78 Å². The lowest BCUT2D eigenvalue weighted by molar-refractivity contribution is -0.128. The largest absolute Gasteiger partial charge is 0.480 e. The second-order valence-electron chi connectivity index (χ2n) is 4.46. The number of hydrogen-bond acceptors (Lipinski definition) is 3. The van der Waals surface area contributed by atoms with Crippen LogP contribution >= 0.6 is 11.6 Å². The number of hydrogen-bond donors (Lipinski definition) is 1. The second-order valence-corrected chi connectivity index (χ2v) is 4.89. The molecule has 1 N–H and O–H groups in total. The van der Waals surface area contributed by atoms with E-state index in [1.807, 2.05) is 6.07 Å². The van der Waals surface area contributed by atoms with Crippen molar-refractivity contribution in [1.29, 1.82) is 0 Å². The smallest absolute Gasteiger partial charge is 0.186 e. The Hall–Kier alpha value is -1.84. The number of aliphatic hydroxyl groups excluding tert-OH is 1. The number of halogens is 1. The summed E-state index contributed by atoms with van der Waals surface area (Å²) in [6, 6.07) is 15.6. The minimum atomic E-state index is -1.04. The van der Waals surface area contributed by atoms with E-state index in [2.05, 4.69) is 0 Å². The predicted molar refractivity (Wildman–Crippen MR) is 78.0 cm³/mol. The number of carbonyl (C=O) groups is 1. The van der Waals surface area contributed by atoms with Gasteiger partial charge in [-0.05, 0) is 36.8 Å². The van der Waals surface area contributed by atoms with Gasteiger partial charge in [-0.2, -0.15) is 0 Å². The third-order valence-corrected chi connectivity index (χ3v) is 3.16. The van der Waals surface area contributed by atoms with Crippen LogP contribution in [0, 0.1) is 0 Å². The van der Waals surface area contributed by atoms with Crippen molar-refractivity contribution in [3.05, 3.63) is 65.2 Å². The van der Waals surface area contributed by atoms with Crippen molar-refractivity contribution in [2.75, 3.05) is 0 Å². The molecule has 0 fully saturated rings. The molecule has 0 spiro atoms. The maximum atomic E-state index is 11.7. The van der Waals surface area contributed by atoms with Crippen molar-refractivity contribution in [1.82, 2.24) is 0 Å². The number of aliphatic hydroxyl groups is 1. The zero-order valence-electron chi connectivity index (χ0n) is 11.0. The van der Waals surface area contributed by atoms with Gasteiger partial charge in [-0.15, -0.1) is 0 Å². The van der Waals surface area contributed by atoms with E-state index >= 15 is 0 Å². The molecule has 0 heterocycles. The molecule has 3 nitrogen and oxygen atoms in total. The van der Waals surface area contributed by atoms with Gasteiger partial charge in [-0.25, -0.2) is 0 Å². The predicted octanol–water partition coefficient (Wildman–Crippen LogP) is 3.41. The molecule has 104 valence electrons. The molecule has 4 heteroatoms. The lowest BCUT2D eigenvalue weighted by Gasteiger charge is -2.22. The highest BCUT2D eigenvalue weighted by atomic mass is 35.5. The highest BCUT2D eigenvalue weighted by Gasteiger charge is 2.27. The Morgan fingerprint density at radius 3 is 2.25 bits per heavy atom. The summed E-state index contributed by atoms with van der Waals surface area (Å²) in [5, 5.41) is 10.9. The summed E-state index contributed by atoms with van der Waals surface area (Å²) < 4.78 is 5.59. The molecule has 0 bridgehead atoms. The molecule has 0 aromatic heterocycles. The topological polar surface area (TPSA) is 46.5 Å². The molecule has 2 atom stereocenters. The number of ether oxygens (including phenoxy) is 1. The zero-order chi connectivity index (χ0) is 14.5. The number of benzene rings is 2. The Labute approximate surface area is 122 Å². The molecule has 20 heavy (non-hydrogen) atoms. The van der Waals surface area contributed by atoms with E-state index in [1.54, 1.807) is 48.5 Å². The molecule has 1 unspecified atom stereocenters. The summed E-state index contributed by atoms with van der Waals surface area (Å²) in [6.07, 6.45) is -1.98. The number of carbonyl (C=O) groups excluding carboxylic acids is 1. The molecule has 2 rings (SSSR count).